The van der Waals surface area contributed by atoms with Gasteiger partial charge in [0.05, 0.1) is 0 Å². The predicted octanol–water partition coefficient (Wildman–Crippen LogP) is 4.32. The van der Waals surface area contributed by atoms with E-state index in [1.807, 2.05) is 0 Å². The van der Waals surface area contributed by atoms with Crippen LogP contribution in [-0.2, 0) is 5.41 Å². The van der Waals surface area contributed by atoms with Gasteiger partial charge in [0.25, 0.3) is 0 Å². The van der Waals surface area contributed by atoms with E-state index in [1.54, 1.807) is 0 Å². The van der Waals surface area contributed by atoms with Crippen LogP contribution in [0.2, 0.25) is 0 Å². The first-order valence-electron chi connectivity index (χ1n) is 5.40. The molecule has 0 aromatic heterocycles. The summed E-state index contributed by atoms with van der Waals surface area (Å²) in [5, 5.41) is 0. The molecule has 0 fully saturated rings. The molecular weight excluding hydrogens is 168 g/mol. The summed E-state index contributed by atoms with van der Waals surface area (Å²) in [5.74, 6) is 0. The molecule has 0 nitrogen and oxygen atoms in total. The number of unbranched alkanes of at least 4 members (excludes halogenated alkanes) is 1. The van der Waals surface area contributed by atoms with E-state index in [0.29, 0.717) is 0 Å². The maximum absolute atomic E-state index is 2.31. The number of allylic oxidation sites excluding steroid dienone is 2. The Labute approximate surface area is 87.7 Å². The zero-order valence-corrected chi connectivity index (χ0v) is 9.46. The third kappa shape index (κ3) is 3.02. The lowest BCUT2D eigenvalue weighted by atomic mass is 9.84. The van der Waals surface area contributed by atoms with Crippen LogP contribution in [0.15, 0.2) is 42.5 Å². The monoisotopic (exact) mass is 188 g/mol. The molecule has 0 atom stereocenters. The van der Waals surface area contributed by atoms with E-state index in [2.05, 4.69) is 63.3 Å². The molecule has 0 bridgehead atoms. The summed E-state index contributed by atoms with van der Waals surface area (Å²) in [5.41, 5.74) is 1.54. The zero-order valence-electron chi connectivity index (χ0n) is 9.46. The summed E-state index contributed by atoms with van der Waals surface area (Å²) in [4.78, 5) is 0. The summed E-state index contributed by atoms with van der Waals surface area (Å²) in [6.45, 7) is 6.73. The Balaban J connectivity index is 2.75. The number of rotatable bonds is 4. The molecule has 0 saturated heterocycles. The van der Waals surface area contributed by atoms with Crippen molar-refractivity contribution >= 4 is 0 Å². The average molecular weight is 188 g/mol. The van der Waals surface area contributed by atoms with Crippen molar-refractivity contribution < 1.29 is 0 Å². The van der Waals surface area contributed by atoms with Gasteiger partial charge in [0.2, 0.25) is 0 Å². The van der Waals surface area contributed by atoms with Crippen molar-refractivity contribution in [2.45, 2.75) is 39.0 Å². The lowest BCUT2D eigenvalue weighted by molar-refractivity contribution is 0.665. The molecule has 0 aliphatic rings. The first-order valence-corrected chi connectivity index (χ1v) is 5.40. The highest BCUT2D eigenvalue weighted by atomic mass is 14.2. The average Bonchev–Trinajstić information content (AvgIpc) is 2.19. The molecular formula is C14H20. The van der Waals surface area contributed by atoms with Crippen molar-refractivity contribution in [3.63, 3.8) is 0 Å². The van der Waals surface area contributed by atoms with Gasteiger partial charge in [0.15, 0.2) is 0 Å². The molecule has 0 radical (unpaired) electrons. The molecule has 0 N–H and O–H groups in total. The molecule has 0 unspecified atom stereocenters. The van der Waals surface area contributed by atoms with Crippen LogP contribution >= 0.6 is 0 Å². The van der Waals surface area contributed by atoms with Crippen molar-refractivity contribution in [3.05, 3.63) is 48.0 Å². The fourth-order valence-corrected chi connectivity index (χ4v) is 1.51. The van der Waals surface area contributed by atoms with Crippen molar-refractivity contribution in [3.8, 4) is 0 Å². The molecule has 14 heavy (non-hydrogen) atoms. The van der Waals surface area contributed by atoms with Gasteiger partial charge in [-0.25, -0.2) is 0 Å². The Hall–Kier alpha value is -1.04. The molecule has 0 saturated carbocycles. The van der Waals surface area contributed by atoms with E-state index in [4.69, 9.17) is 0 Å². The molecule has 0 heteroatoms. The van der Waals surface area contributed by atoms with Crippen LogP contribution in [0, 0.1) is 0 Å². The summed E-state index contributed by atoms with van der Waals surface area (Å²) < 4.78 is 0. The van der Waals surface area contributed by atoms with Gasteiger partial charge in [-0.05, 0) is 12.0 Å². The molecule has 76 valence electrons. The van der Waals surface area contributed by atoms with Gasteiger partial charge in [-0.1, -0.05) is 69.7 Å². The fraction of sp³-hybridized carbons (Fsp3) is 0.429. The summed E-state index contributed by atoms with van der Waals surface area (Å²) >= 11 is 0. The van der Waals surface area contributed by atoms with Crippen molar-refractivity contribution in [2.75, 3.05) is 0 Å². The van der Waals surface area contributed by atoms with Gasteiger partial charge < -0.3 is 0 Å². The normalized spacial score (nSPS) is 12.2. The number of hydrogen-bond donors (Lipinski definition) is 0. The van der Waals surface area contributed by atoms with Crippen molar-refractivity contribution in [1.82, 2.24) is 0 Å². The SMILES string of the molecule is CCCC=CC(C)(C)c1ccccc1. The van der Waals surface area contributed by atoms with Crippen LogP contribution in [0.1, 0.15) is 39.2 Å². The zero-order chi connectivity index (χ0) is 10.4. The molecule has 1 rings (SSSR count). The first kappa shape index (κ1) is 11.0. The smallest absolute Gasteiger partial charge is 0.00753 e. The summed E-state index contributed by atoms with van der Waals surface area (Å²) in [6, 6.07) is 10.7. The van der Waals surface area contributed by atoms with Gasteiger partial charge >= 0.3 is 0 Å². The standard InChI is InChI=1S/C14H20/c1-4-5-9-12-14(2,3)13-10-7-6-8-11-13/h6-12H,4-5H2,1-3H3. The topological polar surface area (TPSA) is 0 Å². The lowest BCUT2D eigenvalue weighted by Gasteiger charge is -2.20. The second-order valence-electron chi connectivity index (χ2n) is 4.28. The highest BCUT2D eigenvalue weighted by Crippen LogP contribution is 2.24. The maximum atomic E-state index is 2.31. The quantitative estimate of drug-likeness (QED) is 0.617. The molecule has 0 amide bonds. The molecule has 1 aromatic rings. The highest BCUT2D eigenvalue weighted by molar-refractivity contribution is 5.28. The van der Waals surface area contributed by atoms with Crippen LogP contribution in [-0.4, -0.2) is 0 Å². The third-order valence-electron chi connectivity index (χ3n) is 2.51. The fourth-order valence-electron chi connectivity index (χ4n) is 1.51. The largest absolute Gasteiger partial charge is 0.0877 e. The Morgan fingerprint density at radius 2 is 1.79 bits per heavy atom. The van der Waals surface area contributed by atoms with Gasteiger partial charge in [0, 0.05) is 5.41 Å². The second-order valence-corrected chi connectivity index (χ2v) is 4.28. The van der Waals surface area contributed by atoms with E-state index in [9.17, 15) is 0 Å². The van der Waals surface area contributed by atoms with E-state index in [1.165, 1.54) is 18.4 Å². The Morgan fingerprint density at radius 1 is 1.14 bits per heavy atom. The maximum Gasteiger partial charge on any atom is 0.00753 e. The predicted molar refractivity (Wildman–Crippen MR) is 63.5 cm³/mol. The molecule has 0 spiro atoms. The van der Waals surface area contributed by atoms with Crippen LogP contribution < -0.4 is 0 Å². The second kappa shape index (κ2) is 4.99. The summed E-state index contributed by atoms with van der Waals surface area (Å²) in [6.07, 6.45) is 7.00. The molecule has 0 aliphatic carbocycles. The van der Waals surface area contributed by atoms with Crippen molar-refractivity contribution in [2.24, 2.45) is 0 Å². The van der Waals surface area contributed by atoms with Crippen LogP contribution in [0.25, 0.3) is 0 Å². The summed E-state index contributed by atoms with van der Waals surface area (Å²) in [7, 11) is 0. The van der Waals surface area contributed by atoms with Crippen LogP contribution in [0.4, 0.5) is 0 Å². The van der Waals surface area contributed by atoms with Crippen molar-refractivity contribution in [1.29, 1.82) is 0 Å². The van der Waals surface area contributed by atoms with Crippen LogP contribution in [0.5, 0.6) is 0 Å². The molecule has 0 aliphatic heterocycles. The first-order chi connectivity index (χ1) is 6.67. The van der Waals surface area contributed by atoms with E-state index in [-0.39, 0.29) is 5.41 Å². The Kier molecular flexibility index (Phi) is 3.94. The Bertz CT molecular complexity index is 280. The lowest BCUT2D eigenvalue weighted by Crippen LogP contribution is -2.12. The van der Waals surface area contributed by atoms with Gasteiger partial charge in [-0.3, -0.25) is 0 Å². The number of hydrogen-bond acceptors (Lipinski definition) is 0. The number of benzene rings is 1. The van der Waals surface area contributed by atoms with Gasteiger partial charge in [0.1, 0.15) is 0 Å². The van der Waals surface area contributed by atoms with Crippen LogP contribution in [0.3, 0.4) is 0 Å². The Morgan fingerprint density at radius 3 is 2.36 bits per heavy atom. The van der Waals surface area contributed by atoms with Gasteiger partial charge in [-0.15, -0.1) is 0 Å². The minimum atomic E-state index is 0.163. The molecule has 0 heterocycles. The highest BCUT2D eigenvalue weighted by Gasteiger charge is 2.15. The van der Waals surface area contributed by atoms with Gasteiger partial charge in [-0.2, -0.15) is 0 Å². The third-order valence-corrected chi connectivity index (χ3v) is 2.51. The minimum absolute atomic E-state index is 0.163. The molecule has 1 aromatic carbocycles. The van der Waals surface area contributed by atoms with E-state index in [0.717, 1.165) is 0 Å². The van der Waals surface area contributed by atoms with E-state index < -0.39 is 0 Å². The minimum Gasteiger partial charge on any atom is -0.0877 e. The van der Waals surface area contributed by atoms with E-state index >= 15 is 0 Å².